The van der Waals surface area contributed by atoms with Crippen LogP contribution in [-0.4, -0.2) is 19.9 Å². The van der Waals surface area contributed by atoms with Gasteiger partial charge in [0.2, 0.25) is 0 Å². The number of nitrogens with zero attached hydrogens (tertiary/aromatic N) is 4. The van der Waals surface area contributed by atoms with E-state index in [1.54, 1.807) is 12.3 Å². The molecule has 1 aromatic carbocycles. The minimum Gasteiger partial charge on any atom is -0.323 e. The lowest BCUT2D eigenvalue weighted by atomic mass is 10.2. The highest BCUT2D eigenvalue weighted by molar-refractivity contribution is 6.32. The topological polar surface area (TPSA) is 99.9 Å². The molecule has 1 atom stereocenters. The third kappa shape index (κ3) is 2.56. The fourth-order valence-corrected chi connectivity index (χ4v) is 1.90. The van der Waals surface area contributed by atoms with Crippen LogP contribution in [0.15, 0.2) is 24.4 Å². The van der Waals surface area contributed by atoms with Crippen LogP contribution in [0.1, 0.15) is 25.1 Å². The van der Waals surface area contributed by atoms with E-state index in [2.05, 4.69) is 10.3 Å². The van der Waals surface area contributed by atoms with Crippen molar-refractivity contribution in [2.75, 3.05) is 0 Å². The van der Waals surface area contributed by atoms with Crippen molar-refractivity contribution < 1.29 is 4.92 Å². The lowest BCUT2D eigenvalue weighted by Gasteiger charge is -2.04. The van der Waals surface area contributed by atoms with Crippen LogP contribution >= 0.6 is 11.6 Å². The van der Waals surface area contributed by atoms with Crippen molar-refractivity contribution in [2.45, 2.75) is 19.4 Å². The van der Waals surface area contributed by atoms with E-state index in [1.807, 2.05) is 6.92 Å². The van der Waals surface area contributed by atoms with Gasteiger partial charge in [0.25, 0.3) is 5.69 Å². The Bertz CT molecular complexity index is 613. The molecule has 0 aliphatic carbocycles. The van der Waals surface area contributed by atoms with E-state index in [4.69, 9.17) is 17.3 Å². The zero-order chi connectivity index (χ0) is 14.0. The maximum absolute atomic E-state index is 11.0. The average molecular weight is 282 g/mol. The molecule has 0 saturated carbocycles. The number of nitrogens with two attached hydrogens (primary N) is 1. The molecule has 8 heteroatoms. The fraction of sp³-hybridized carbons (Fsp3) is 0.273. The van der Waals surface area contributed by atoms with Gasteiger partial charge in [0, 0.05) is 6.07 Å². The molecule has 0 aliphatic rings. The van der Waals surface area contributed by atoms with Crippen LogP contribution in [0.4, 0.5) is 5.69 Å². The Morgan fingerprint density at radius 2 is 2.32 bits per heavy atom. The molecule has 0 amide bonds. The molecule has 1 aromatic heterocycles. The van der Waals surface area contributed by atoms with E-state index in [1.165, 1.54) is 16.8 Å². The second-order valence-electron chi connectivity index (χ2n) is 3.97. The first-order valence-electron chi connectivity index (χ1n) is 5.65. The summed E-state index contributed by atoms with van der Waals surface area (Å²) in [6, 6.07) is 4.18. The van der Waals surface area contributed by atoms with E-state index >= 15 is 0 Å². The molecule has 0 saturated heterocycles. The smallest absolute Gasteiger partial charge is 0.296 e. The highest BCUT2D eigenvalue weighted by Crippen LogP contribution is 2.29. The molecule has 0 bridgehead atoms. The lowest BCUT2D eigenvalue weighted by molar-refractivity contribution is -0.384. The van der Waals surface area contributed by atoms with Gasteiger partial charge < -0.3 is 5.73 Å². The summed E-state index contributed by atoms with van der Waals surface area (Å²) in [6.45, 7) is 1.92. The zero-order valence-corrected chi connectivity index (χ0v) is 10.9. The van der Waals surface area contributed by atoms with Crippen LogP contribution in [0.3, 0.4) is 0 Å². The van der Waals surface area contributed by atoms with Gasteiger partial charge in [-0.3, -0.25) is 10.1 Å². The summed E-state index contributed by atoms with van der Waals surface area (Å²) in [5.41, 5.74) is 6.47. The molecule has 0 spiro atoms. The highest BCUT2D eigenvalue weighted by Gasteiger charge is 2.20. The second-order valence-corrected chi connectivity index (χ2v) is 4.37. The Labute approximate surface area is 114 Å². The van der Waals surface area contributed by atoms with E-state index in [-0.39, 0.29) is 22.4 Å². The van der Waals surface area contributed by atoms with Gasteiger partial charge in [0.15, 0.2) is 5.69 Å². The Balaban J connectivity index is 2.53. The summed E-state index contributed by atoms with van der Waals surface area (Å²) >= 11 is 6.01. The summed E-state index contributed by atoms with van der Waals surface area (Å²) in [6.07, 6.45) is 2.26. The first-order valence-corrected chi connectivity index (χ1v) is 6.03. The van der Waals surface area contributed by atoms with Gasteiger partial charge in [-0.1, -0.05) is 29.8 Å². The van der Waals surface area contributed by atoms with Crippen molar-refractivity contribution in [3.05, 3.63) is 45.2 Å². The van der Waals surface area contributed by atoms with Gasteiger partial charge in [-0.05, 0) is 12.5 Å². The van der Waals surface area contributed by atoms with Gasteiger partial charge in [-0.2, -0.15) is 0 Å². The maximum atomic E-state index is 11.0. The molecular weight excluding hydrogens is 270 g/mol. The van der Waals surface area contributed by atoms with E-state index in [9.17, 15) is 10.1 Å². The number of aromatic nitrogens is 3. The second kappa shape index (κ2) is 5.33. The standard InChI is InChI=1S/C11H12ClN5O2/c1-2-8(13)9-6-16(15-14-9)11-7(12)4-3-5-10(11)17(18)19/h3-6,8H,2,13H2,1H3. The van der Waals surface area contributed by atoms with Crippen molar-refractivity contribution >= 4 is 17.3 Å². The predicted octanol–water partition coefficient (Wildman–Crippen LogP) is 2.24. The SMILES string of the molecule is CCC(N)c1cn(-c2c(Cl)cccc2[N+](=O)[O-])nn1. The van der Waals surface area contributed by atoms with E-state index < -0.39 is 4.92 Å². The molecule has 2 rings (SSSR count). The van der Waals surface area contributed by atoms with Crippen molar-refractivity contribution in [1.29, 1.82) is 0 Å². The highest BCUT2D eigenvalue weighted by atomic mass is 35.5. The number of hydrogen-bond donors (Lipinski definition) is 1. The lowest BCUT2D eigenvalue weighted by Crippen LogP contribution is -2.08. The zero-order valence-electron chi connectivity index (χ0n) is 10.2. The normalized spacial score (nSPS) is 12.4. The van der Waals surface area contributed by atoms with Crippen molar-refractivity contribution in [2.24, 2.45) is 5.73 Å². The Hall–Kier alpha value is -1.99. The van der Waals surface area contributed by atoms with Crippen LogP contribution in [0.2, 0.25) is 5.02 Å². The molecule has 1 unspecified atom stereocenters. The Kier molecular flexibility index (Phi) is 3.77. The molecule has 1 heterocycles. The molecular formula is C11H12ClN5O2. The first kappa shape index (κ1) is 13.4. The van der Waals surface area contributed by atoms with E-state index in [0.717, 1.165) is 0 Å². The number of nitro groups is 1. The van der Waals surface area contributed by atoms with Crippen molar-refractivity contribution in [3.8, 4) is 5.69 Å². The largest absolute Gasteiger partial charge is 0.323 e. The molecule has 2 aromatic rings. The van der Waals surface area contributed by atoms with Crippen molar-refractivity contribution in [3.63, 3.8) is 0 Å². The Morgan fingerprint density at radius 3 is 2.95 bits per heavy atom. The summed E-state index contributed by atoms with van der Waals surface area (Å²) < 4.78 is 1.28. The van der Waals surface area contributed by atoms with Crippen LogP contribution in [0.25, 0.3) is 5.69 Å². The fourth-order valence-electron chi connectivity index (χ4n) is 1.64. The number of benzene rings is 1. The molecule has 100 valence electrons. The number of nitro benzene ring substituents is 1. The predicted molar refractivity (Wildman–Crippen MR) is 70.2 cm³/mol. The minimum absolute atomic E-state index is 0.131. The number of para-hydroxylation sites is 1. The molecule has 19 heavy (non-hydrogen) atoms. The van der Waals surface area contributed by atoms with Crippen LogP contribution in [-0.2, 0) is 0 Å². The van der Waals surface area contributed by atoms with Gasteiger partial charge in [-0.15, -0.1) is 5.10 Å². The quantitative estimate of drug-likeness (QED) is 0.684. The first-order chi connectivity index (χ1) is 9.04. The number of hydrogen-bond acceptors (Lipinski definition) is 5. The van der Waals surface area contributed by atoms with Gasteiger partial charge in [0.05, 0.1) is 27.9 Å². The summed E-state index contributed by atoms with van der Waals surface area (Å²) in [7, 11) is 0. The maximum Gasteiger partial charge on any atom is 0.296 e. The third-order valence-corrected chi connectivity index (χ3v) is 3.03. The number of halogens is 1. The monoisotopic (exact) mass is 281 g/mol. The summed E-state index contributed by atoms with van der Waals surface area (Å²) in [5, 5.41) is 19.0. The molecule has 2 N–H and O–H groups in total. The summed E-state index contributed by atoms with van der Waals surface area (Å²) in [4.78, 5) is 10.5. The average Bonchev–Trinajstić information content (AvgIpc) is 2.86. The third-order valence-electron chi connectivity index (χ3n) is 2.72. The van der Waals surface area contributed by atoms with Gasteiger partial charge in [0.1, 0.15) is 0 Å². The Morgan fingerprint density at radius 1 is 1.58 bits per heavy atom. The molecule has 0 radical (unpaired) electrons. The van der Waals surface area contributed by atoms with Crippen LogP contribution < -0.4 is 5.73 Å². The molecule has 0 aliphatic heterocycles. The van der Waals surface area contributed by atoms with Crippen molar-refractivity contribution in [1.82, 2.24) is 15.0 Å². The van der Waals surface area contributed by atoms with Crippen LogP contribution in [0, 0.1) is 10.1 Å². The number of rotatable bonds is 4. The van der Waals surface area contributed by atoms with E-state index in [0.29, 0.717) is 12.1 Å². The van der Waals surface area contributed by atoms with Gasteiger partial charge >= 0.3 is 0 Å². The summed E-state index contributed by atoms with van der Waals surface area (Å²) in [5.74, 6) is 0. The molecule has 0 fully saturated rings. The minimum atomic E-state index is -0.512. The molecule has 7 nitrogen and oxygen atoms in total. The van der Waals surface area contributed by atoms with Crippen LogP contribution in [0.5, 0.6) is 0 Å². The van der Waals surface area contributed by atoms with Gasteiger partial charge in [-0.25, -0.2) is 4.68 Å².